The maximum Gasteiger partial charge on any atom is 0.416 e. The molecular weight excluding hydrogens is 497 g/mol. The molecule has 200 valence electrons. The number of ether oxygens (including phenoxy) is 1. The van der Waals surface area contributed by atoms with Gasteiger partial charge in [0.25, 0.3) is 5.91 Å². The number of halogens is 3. The molecular formula is C28H29F3N4O3. The van der Waals surface area contributed by atoms with Crippen molar-refractivity contribution in [1.29, 1.82) is 0 Å². The largest absolute Gasteiger partial charge is 0.416 e. The first kappa shape index (κ1) is 26.1. The first-order valence-electron chi connectivity index (χ1n) is 12.6. The first-order chi connectivity index (χ1) is 17.9. The van der Waals surface area contributed by atoms with Crippen LogP contribution < -0.4 is 0 Å². The van der Waals surface area contributed by atoms with Crippen LogP contribution in [0.25, 0.3) is 5.82 Å². The highest BCUT2D eigenvalue weighted by molar-refractivity contribution is 6.00. The van der Waals surface area contributed by atoms with Gasteiger partial charge in [0.2, 0.25) is 0 Å². The van der Waals surface area contributed by atoms with Crippen LogP contribution in [0.15, 0.2) is 42.6 Å². The van der Waals surface area contributed by atoms with Gasteiger partial charge in [0.05, 0.1) is 22.4 Å². The molecule has 3 heterocycles. The second-order valence-corrected chi connectivity index (χ2v) is 10.8. The summed E-state index contributed by atoms with van der Waals surface area (Å²) in [4.78, 5) is 31.9. The summed E-state index contributed by atoms with van der Waals surface area (Å²) in [5.74, 6) is 0.157. The van der Waals surface area contributed by atoms with E-state index in [1.165, 1.54) is 24.2 Å². The second kappa shape index (κ2) is 9.65. The molecule has 10 heteroatoms. The van der Waals surface area contributed by atoms with Crippen molar-refractivity contribution in [2.75, 3.05) is 13.7 Å². The van der Waals surface area contributed by atoms with Crippen molar-refractivity contribution in [2.45, 2.75) is 58.4 Å². The Balaban J connectivity index is 1.40. The van der Waals surface area contributed by atoms with Crippen LogP contribution in [0, 0.1) is 5.41 Å². The fourth-order valence-electron chi connectivity index (χ4n) is 5.24. The SMILES string of the molecule is CN(Cc1cccc(C(F)(F)F)c1)C(=O)c1ccc(-n2nc(C3CCCO3)c3c2CC(C)(C)CC3=O)nc1. The smallest absolute Gasteiger partial charge is 0.372 e. The average Bonchev–Trinajstić information content (AvgIpc) is 3.51. The number of pyridine rings is 1. The van der Waals surface area contributed by atoms with Crippen LogP contribution in [-0.2, 0) is 23.9 Å². The molecule has 3 aromatic rings. The molecule has 1 atom stereocenters. The summed E-state index contributed by atoms with van der Waals surface area (Å²) in [6, 6.07) is 8.21. The number of hydrogen-bond donors (Lipinski definition) is 0. The Morgan fingerprint density at radius 2 is 2.00 bits per heavy atom. The molecule has 1 aliphatic carbocycles. The molecule has 1 amide bonds. The Hall–Kier alpha value is -3.53. The van der Waals surface area contributed by atoms with E-state index in [1.54, 1.807) is 22.9 Å². The number of amides is 1. The van der Waals surface area contributed by atoms with Gasteiger partial charge in [0, 0.05) is 32.8 Å². The molecule has 0 bridgehead atoms. The van der Waals surface area contributed by atoms with Crippen LogP contribution in [0.1, 0.15) is 82.4 Å². The van der Waals surface area contributed by atoms with Crippen LogP contribution in [0.4, 0.5) is 13.2 Å². The number of carbonyl (C=O) groups excluding carboxylic acids is 2. The normalized spacial score (nSPS) is 18.9. The summed E-state index contributed by atoms with van der Waals surface area (Å²) in [5.41, 5.74) is 1.76. The second-order valence-electron chi connectivity index (χ2n) is 10.8. The minimum Gasteiger partial charge on any atom is -0.372 e. The molecule has 1 fully saturated rings. The fourth-order valence-corrected chi connectivity index (χ4v) is 5.24. The Labute approximate surface area is 218 Å². The van der Waals surface area contributed by atoms with Gasteiger partial charge in [-0.1, -0.05) is 26.0 Å². The lowest BCUT2D eigenvalue weighted by Crippen LogP contribution is -2.28. The molecule has 5 rings (SSSR count). The monoisotopic (exact) mass is 526 g/mol. The molecule has 2 aliphatic rings. The van der Waals surface area contributed by atoms with Gasteiger partial charge >= 0.3 is 6.18 Å². The highest BCUT2D eigenvalue weighted by Crippen LogP contribution is 2.41. The number of carbonyl (C=O) groups is 2. The highest BCUT2D eigenvalue weighted by atomic mass is 19.4. The van der Waals surface area contributed by atoms with Crippen molar-refractivity contribution in [3.05, 3.63) is 76.2 Å². The molecule has 1 aliphatic heterocycles. The summed E-state index contributed by atoms with van der Waals surface area (Å²) >= 11 is 0. The molecule has 0 N–H and O–H groups in total. The van der Waals surface area contributed by atoms with Gasteiger partial charge in [-0.15, -0.1) is 0 Å². The predicted octanol–water partition coefficient (Wildman–Crippen LogP) is 5.56. The van der Waals surface area contributed by atoms with Gasteiger partial charge in [-0.05, 0) is 54.5 Å². The van der Waals surface area contributed by atoms with E-state index in [1.807, 2.05) is 13.8 Å². The lowest BCUT2D eigenvalue weighted by Gasteiger charge is -2.29. The van der Waals surface area contributed by atoms with Crippen molar-refractivity contribution in [3.8, 4) is 5.82 Å². The van der Waals surface area contributed by atoms with Crippen LogP contribution >= 0.6 is 0 Å². The van der Waals surface area contributed by atoms with E-state index < -0.39 is 11.7 Å². The van der Waals surface area contributed by atoms with Crippen molar-refractivity contribution in [3.63, 3.8) is 0 Å². The van der Waals surface area contributed by atoms with E-state index in [2.05, 4.69) is 4.98 Å². The van der Waals surface area contributed by atoms with E-state index in [9.17, 15) is 22.8 Å². The number of benzene rings is 1. The molecule has 0 saturated carbocycles. The van der Waals surface area contributed by atoms with E-state index in [-0.39, 0.29) is 29.8 Å². The Morgan fingerprint density at radius 3 is 2.66 bits per heavy atom. The van der Waals surface area contributed by atoms with Gasteiger partial charge in [0.15, 0.2) is 11.6 Å². The topological polar surface area (TPSA) is 77.3 Å². The average molecular weight is 527 g/mol. The van der Waals surface area contributed by atoms with Gasteiger partial charge in [-0.2, -0.15) is 18.3 Å². The molecule has 1 saturated heterocycles. The third-order valence-corrected chi connectivity index (χ3v) is 7.04. The number of alkyl halides is 3. The number of aromatic nitrogens is 3. The van der Waals surface area contributed by atoms with E-state index >= 15 is 0 Å². The molecule has 38 heavy (non-hydrogen) atoms. The fraction of sp³-hybridized carbons (Fsp3) is 0.429. The number of hydrogen-bond acceptors (Lipinski definition) is 5. The molecule has 7 nitrogen and oxygen atoms in total. The highest BCUT2D eigenvalue weighted by Gasteiger charge is 2.39. The third-order valence-electron chi connectivity index (χ3n) is 7.04. The molecule has 2 aromatic heterocycles. The molecule has 1 unspecified atom stereocenters. The summed E-state index contributed by atoms with van der Waals surface area (Å²) in [7, 11) is 1.53. The van der Waals surface area contributed by atoms with Gasteiger partial charge in [0.1, 0.15) is 11.8 Å². The number of nitrogens with zero attached hydrogens (tertiary/aromatic N) is 4. The minimum atomic E-state index is -4.45. The quantitative estimate of drug-likeness (QED) is 0.435. The zero-order valence-corrected chi connectivity index (χ0v) is 21.5. The minimum absolute atomic E-state index is 0.0130. The van der Waals surface area contributed by atoms with Gasteiger partial charge < -0.3 is 9.64 Å². The number of ketones is 1. The summed E-state index contributed by atoms with van der Waals surface area (Å²) < 4.78 is 46.7. The van der Waals surface area contributed by atoms with Gasteiger partial charge in [-0.25, -0.2) is 9.67 Å². The number of fused-ring (bicyclic) bond motifs is 1. The lowest BCUT2D eigenvalue weighted by atomic mass is 9.75. The number of rotatable bonds is 5. The summed E-state index contributed by atoms with van der Waals surface area (Å²) in [6.45, 7) is 4.74. The number of Topliss-reactive ketones (excluding diaryl/α,β-unsaturated/α-hetero) is 1. The maximum absolute atomic E-state index is 13.1. The van der Waals surface area contributed by atoms with Crippen molar-refractivity contribution < 1.29 is 27.5 Å². The zero-order valence-electron chi connectivity index (χ0n) is 21.5. The zero-order chi connectivity index (χ0) is 27.2. The third kappa shape index (κ3) is 5.09. The van der Waals surface area contributed by atoms with Crippen molar-refractivity contribution in [2.24, 2.45) is 5.41 Å². The Kier molecular flexibility index (Phi) is 6.63. The standard InChI is InChI=1S/C28H29F3N4O3/c1-27(2)13-20-24(21(36)14-27)25(22-8-5-11-38-22)33-35(20)23-10-9-18(15-32-23)26(37)34(3)16-17-6-4-7-19(12-17)28(29,30)31/h4,6-7,9-10,12,15,22H,5,8,11,13-14,16H2,1-3H3. The lowest BCUT2D eigenvalue weighted by molar-refractivity contribution is -0.137. The Morgan fingerprint density at radius 1 is 1.21 bits per heavy atom. The van der Waals surface area contributed by atoms with Crippen LogP contribution in [0.2, 0.25) is 0 Å². The Bertz CT molecular complexity index is 1370. The van der Waals surface area contributed by atoms with Crippen LogP contribution in [0.3, 0.4) is 0 Å². The maximum atomic E-state index is 13.1. The molecule has 1 aromatic carbocycles. The predicted molar refractivity (Wildman–Crippen MR) is 133 cm³/mol. The van der Waals surface area contributed by atoms with Crippen molar-refractivity contribution >= 4 is 11.7 Å². The summed E-state index contributed by atoms with van der Waals surface area (Å²) in [6.07, 6.45) is -0.446. The van der Waals surface area contributed by atoms with Crippen molar-refractivity contribution in [1.82, 2.24) is 19.7 Å². The van der Waals surface area contributed by atoms with Crippen LogP contribution in [0.5, 0.6) is 0 Å². The van der Waals surface area contributed by atoms with Gasteiger partial charge in [-0.3, -0.25) is 9.59 Å². The van der Waals surface area contributed by atoms with E-state index in [0.29, 0.717) is 47.7 Å². The van der Waals surface area contributed by atoms with E-state index in [0.717, 1.165) is 30.7 Å². The first-order valence-corrected chi connectivity index (χ1v) is 12.6. The summed E-state index contributed by atoms with van der Waals surface area (Å²) in [5, 5.41) is 4.77. The van der Waals surface area contributed by atoms with Crippen LogP contribution in [-0.4, -0.2) is 45.0 Å². The van der Waals surface area contributed by atoms with E-state index in [4.69, 9.17) is 9.84 Å². The molecule has 0 radical (unpaired) electrons. The molecule has 0 spiro atoms.